The lowest BCUT2D eigenvalue weighted by molar-refractivity contribution is 0.586. The first-order valence-corrected chi connectivity index (χ1v) is 5.33. The van der Waals surface area contributed by atoms with Gasteiger partial charge in [-0.05, 0) is 36.8 Å². The monoisotopic (exact) mass is 232 g/mol. The van der Waals surface area contributed by atoms with Crippen LogP contribution in [0.4, 0.5) is 11.6 Å². The molecule has 0 saturated carbocycles. The molecule has 0 radical (unpaired) electrons. The van der Waals surface area contributed by atoms with Crippen molar-refractivity contribution in [2.24, 2.45) is 0 Å². The quantitative estimate of drug-likeness (QED) is 0.778. The lowest BCUT2D eigenvalue weighted by Gasteiger charge is -2.10. The summed E-state index contributed by atoms with van der Waals surface area (Å²) in [7, 11) is 0. The van der Waals surface area contributed by atoms with E-state index < -0.39 is 0 Å². The molecule has 0 unspecified atom stereocenters. The van der Waals surface area contributed by atoms with Gasteiger partial charge in [-0.25, -0.2) is 0 Å². The molecule has 0 atom stereocenters. The second kappa shape index (κ2) is 4.81. The molecule has 3 nitrogen and oxygen atoms in total. The zero-order valence-electron chi connectivity index (χ0n) is 8.86. The Morgan fingerprint density at radius 3 is 2.62 bits per heavy atom. The van der Waals surface area contributed by atoms with Gasteiger partial charge in [0.05, 0.1) is 6.26 Å². The first kappa shape index (κ1) is 10.7. The predicted octanol–water partition coefficient (Wildman–Crippen LogP) is 3.40. The number of nitrogens with one attached hydrogen (secondary N) is 2. The first-order chi connectivity index (χ1) is 7.75. The van der Waals surface area contributed by atoms with Crippen molar-refractivity contribution in [1.82, 2.24) is 0 Å². The number of aryl methyl sites for hydroxylation is 1. The van der Waals surface area contributed by atoms with Crippen molar-refractivity contribution in [3.8, 4) is 0 Å². The highest BCUT2D eigenvalue weighted by Gasteiger charge is 2.01. The Hall–Kier alpha value is -1.81. The second-order valence-corrected chi connectivity index (χ2v) is 3.78. The van der Waals surface area contributed by atoms with Gasteiger partial charge in [-0.2, -0.15) is 0 Å². The average Bonchev–Trinajstić information content (AvgIpc) is 2.74. The van der Waals surface area contributed by atoms with Crippen LogP contribution in [0.3, 0.4) is 0 Å². The van der Waals surface area contributed by atoms with Crippen LogP contribution in [0.15, 0.2) is 47.1 Å². The molecule has 2 N–H and O–H groups in total. The van der Waals surface area contributed by atoms with Crippen LogP contribution in [0.1, 0.15) is 5.56 Å². The Bertz CT molecular complexity index is 480. The van der Waals surface area contributed by atoms with Gasteiger partial charge in [-0.1, -0.05) is 18.2 Å². The number of furan rings is 1. The van der Waals surface area contributed by atoms with E-state index in [-0.39, 0.29) is 0 Å². The summed E-state index contributed by atoms with van der Waals surface area (Å²) in [6.45, 7) is 2.03. The molecule has 0 amide bonds. The van der Waals surface area contributed by atoms with Crippen molar-refractivity contribution in [2.75, 3.05) is 10.6 Å². The van der Waals surface area contributed by atoms with Crippen molar-refractivity contribution < 1.29 is 4.42 Å². The van der Waals surface area contributed by atoms with Crippen molar-refractivity contribution in [1.29, 1.82) is 0 Å². The van der Waals surface area contributed by atoms with E-state index in [0.29, 0.717) is 11.0 Å². The molecule has 0 fully saturated rings. The van der Waals surface area contributed by atoms with Crippen molar-refractivity contribution >= 4 is 28.9 Å². The van der Waals surface area contributed by atoms with Gasteiger partial charge in [0, 0.05) is 11.8 Å². The number of anilines is 2. The zero-order chi connectivity index (χ0) is 11.4. The summed E-state index contributed by atoms with van der Waals surface area (Å²) in [6, 6.07) is 11.6. The molecule has 2 rings (SSSR count). The highest BCUT2D eigenvalue weighted by atomic mass is 32.1. The normalized spacial score (nSPS) is 9.81. The number of hydrogen-bond acceptors (Lipinski definition) is 2. The minimum absolute atomic E-state index is 0.518. The van der Waals surface area contributed by atoms with E-state index >= 15 is 0 Å². The van der Waals surface area contributed by atoms with Crippen molar-refractivity contribution in [3.63, 3.8) is 0 Å². The van der Waals surface area contributed by atoms with Crippen LogP contribution in [0.25, 0.3) is 0 Å². The molecule has 0 bridgehead atoms. The Morgan fingerprint density at radius 2 is 1.94 bits per heavy atom. The third kappa shape index (κ3) is 2.61. The standard InChI is InChI=1S/C12H12N2OS/c1-9-5-2-3-6-10(9)13-12(16)14-11-7-4-8-15-11/h2-8H,1H3,(H2,13,14,16). The highest BCUT2D eigenvalue weighted by molar-refractivity contribution is 7.80. The van der Waals surface area contributed by atoms with E-state index in [1.54, 1.807) is 12.3 Å². The summed E-state index contributed by atoms with van der Waals surface area (Å²) in [5.74, 6) is 0.631. The van der Waals surface area contributed by atoms with Crippen LogP contribution in [0.5, 0.6) is 0 Å². The van der Waals surface area contributed by atoms with Gasteiger partial charge in [0.15, 0.2) is 11.0 Å². The summed E-state index contributed by atoms with van der Waals surface area (Å²) in [4.78, 5) is 0. The summed E-state index contributed by atoms with van der Waals surface area (Å²) >= 11 is 5.16. The van der Waals surface area contributed by atoms with Gasteiger partial charge in [0.2, 0.25) is 0 Å². The van der Waals surface area contributed by atoms with Crippen LogP contribution in [-0.4, -0.2) is 5.11 Å². The fourth-order valence-electron chi connectivity index (χ4n) is 1.33. The fraction of sp³-hybridized carbons (Fsp3) is 0.0833. The Kier molecular flexibility index (Phi) is 3.22. The lowest BCUT2D eigenvalue weighted by atomic mass is 10.2. The molecule has 4 heteroatoms. The second-order valence-electron chi connectivity index (χ2n) is 3.37. The third-order valence-corrected chi connectivity index (χ3v) is 2.36. The van der Waals surface area contributed by atoms with Gasteiger partial charge in [-0.3, -0.25) is 0 Å². The Balaban J connectivity index is 2.00. The maximum atomic E-state index is 5.16. The molecule has 0 aliphatic heterocycles. The van der Waals surface area contributed by atoms with Gasteiger partial charge >= 0.3 is 0 Å². The lowest BCUT2D eigenvalue weighted by Crippen LogP contribution is -2.19. The minimum atomic E-state index is 0.518. The van der Waals surface area contributed by atoms with E-state index in [0.717, 1.165) is 11.3 Å². The minimum Gasteiger partial charge on any atom is -0.449 e. The third-order valence-electron chi connectivity index (χ3n) is 2.15. The van der Waals surface area contributed by atoms with Crippen LogP contribution < -0.4 is 10.6 Å². The van der Waals surface area contributed by atoms with Gasteiger partial charge in [0.25, 0.3) is 0 Å². The van der Waals surface area contributed by atoms with Crippen LogP contribution in [0, 0.1) is 6.92 Å². The van der Waals surface area contributed by atoms with Crippen LogP contribution in [0.2, 0.25) is 0 Å². The molecular weight excluding hydrogens is 220 g/mol. The van der Waals surface area contributed by atoms with Crippen LogP contribution >= 0.6 is 12.2 Å². The smallest absolute Gasteiger partial charge is 0.198 e. The van der Waals surface area contributed by atoms with Gasteiger partial charge in [-0.15, -0.1) is 0 Å². The molecule has 82 valence electrons. The molecule has 0 spiro atoms. The van der Waals surface area contributed by atoms with E-state index in [9.17, 15) is 0 Å². The van der Waals surface area contributed by atoms with Crippen molar-refractivity contribution in [3.05, 3.63) is 48.2 Å². The molecule has 1 aromatic carbocycles. The average molecular weight is 232 g/mol. The molecule has 1 heterocycles. The molecule has 0 aliphatic rings. The topological polar surface area (TPSA) is 37.2 Å². The molecule has 1 aromatic heterocycles. The molecular formula is C12H12N2OS. The molecule has 2 aromatic rings. The zero-order valence-corrected chi connectivity index (χ0v) is 9.67. The number of rotatable bonds is 2. The van der Waals surface area contributed by atoms with Gasteiger partial charge in [0.1, 0.15) is 0 Å². The van der Waals surface area contributed by atoms with Gasteiger partial charge < -0.3 is 15.1 Å². The van der Waals surface area contributed by atoms with E-state index in [2.05, 4.69) is 10.6 Å². The van der Waals surface area contributed by atoms with Crippen LogP contribution in [-0.2, 0) is 0 Å². The Morgan fingerprint density at radius 1 is 1.12 bits per heavy atom. The summed E-state index contributed by atoms with van der Waals surface area (Å²) in [5, 5.41) is 6.58. The summed E-state index contributed by atoms with van der Waals surface area (Å²) in [6.07, 6.45) is 1.60. The highest BCUT2D eigenvalue weighted by Crippen LogP contribution is 2.14. The van der Waals surface area contributed by atoms with Crippen molar-refractivity contribution in [2.45, 2.75) is 6.92 Å². The largest absolute Gasteiger partial charge is 0.449 e. The number of para-hydroxylation sites is 1. The maximum absolute atomic E-state index is 5.16. The molecule has 0 aliphatic carbocycles. The Labute approximate surface area is 99.5 Å². The van der Waals surface area contributed by atoms with E-state index in [4.69, 9.17) is 16.6 Å². The predicted molar refractivity (Wildman–Crippen MR) is 69.7 cm³/mol. The SMILES string of the molecule is Cc1ccccc1NC(=S)Nc1ccco1. The molecule has 16 heavy (non-hydrogen) atoms. The summed E-state index contributed by atoms with van der Waals surface area (Å²) < 4.78 is 5.13. The maximum Gasteiger partial charge on any atom is 0.198 e. The first-order valence-electron chi connectivity index (χ1n) is 4.93. The number of hydrogen-bond donors (Lipinski definition) is 2. The fourth-order valence-corrected chi connectivity index (χ4v) is 1.54. The number of thiocarbonyl (C=S) groups is 1. The molecule has 0 saturated heterocycles. The summed E-state index contributed by atoms with van der Waals surface area (Å²) in [5.41, 5.74) is 2.14. The van der Waals surface area contributed by atoms with E-state index in [1.165, 1.54) is 0 Å². The number of benzene rings is 1. The van der Waals surface area contributed by atoms with E-state index in [1.807, 2.05) is 37.3 Å².